The van der Waals surface area contributed by atoms with E-state index in [-0.39, 0.29) is 22.6 Å². The van der Waals surface area contributed by atoms with Gasteiger partial charge < -0.3 is 4.74 Å². The van der Waals surface area contributed by atoms with Gasteiger partial charge in [-0.05, 0) is 18.2 Å². The summed E-state index contributed by atoms with van der Waals surface area (Å²) >= 11 is 0. The fraction of sp³-hybridized carbons (Fsp3) is 0.250. The third-order valence-corrected chi connectivity index (χ3v) is 4.11. The smallest absolute Gasteiger partial charge is 0.270 e. The summed E-state index contributed by atoms with van der Waals surface area (Å²) < 4.78 is 5.73. The van der Waals surface area contributed by atoms with Crippen molar-refractivity contribution in [2.24, 2.45) is 5.92 Å². The molecule has 0 unspecified atom stereocenters. The number of hydroxylamine groups is 1. The van der Waals surface area contributed by atoms with Gasteiger partial charge in [0.2, 0.25) is 0 Å². The molecule has 4 rings (SSSR count). The molecule has 0 bridgehead atoms. The van der Waals surface area contributed by atoms with Crippen molar-refractivity contribution in [3.05, 3.63) is 64.2 Å². The van der Waals surface area contributed by atoms with Gasteiger partial charge in [0.05, 0.1) is 29.9 Å². The SMILES string of the molecule is O=[N+]([O-])c1ccc2c(c1)[C@H]1[C@@H](CO2)CON1c1ccccc1. The van der Waals surface area contributed by atoms with E-state index in [0.29, 0.717) is 19.0 Å². The van der Waals surface area contributed by atoms with Gasteiger partial charge in [0.1, 0.15) is 5.75 Å². The fourth-order valence-electron chi connectivity index (χ4n) is 3.08. The third kappa shape index (κ3) is 2.00. The maximum atomic E-state index is 11.1. The van der Waals surface area contributed by atoms with Crippen LogP contribution in [0.4, 0.5) is 11.4 Å². The van der Waals surface area contributed by atoms with Gasteiger partial charge in [0, 0.05) is 23.6 Å². The molecule has 0 aromatic heterocycles. The summed E-state index contributed by atoms with van der Waals surface area (Å²) in [4.78, 5) is 16.5. The van der Waals surface area contributed by atoms with Crippen LogP contribution in [-0.4, -0.2) is 18.1 Å². The Kier molecular flexibility index (Phi) is 2.97. The zero-order valence-corrected chi connectivity index (χ0v) is 11.7. The molecule has 2 aliphatic heterocycles. The summed E-state index contributed by atoms with van der Waals surface area (Å²) in [7, 11) is 0. The Labute approximate surface area is 127 Å². The predicted molar refractivity (Wildman–Crippen MR) is 79.7 cm³/mol. The molecule has 0 spiro atoms. The number of nitrogens with zero attached hydrogens (tertiary/aromatic N) is 2. The van der Waals surface area contributed by atoms with E-state index in [1.807, 2.05) is 35.4 Å². The highest BCUT2D eigenvalue weighted by atomic mass is 16.7. The van der Waals surface area contributed by atoms with Crippen molar-refractivity contribution in [3.8, 4) is 5.75 Å². The van der Waals surface area contributed by atoms with Crippen molar-refractivity contribution in [1.29, 1.82) is 0 Å². The van der Waals surface area contributed by atoms with Gasteiger partial charge in [-0.3, -0.25) is 15.0 Å². The predicted octanol–water partition coefficient (Wildman–Crippen LogP) is 3.10. The van der Waals surface area contributed by atoms with E-state index in [0.717, 1.165) is 11.3 Å². The van der Waals surface area contributed by atoms with Crippen molar-refractivity contribution in [3.63, 3.8) is 0 Å². The first-order valence-corrected chi connectivity index (χ1v) is 7.12. The Bertz CT molecular complexity index is 719. The standard InChI is InChI=1S/C16H14N2O4/c19-18(20)13-6-7-15-14(8-13)16-11(9-21-15)10-22-17(16)12-4-2-1-3-5-12/h1-8,11,16H,9-10H2/t11-,16+/m0/s1. The molecule has 22 heavy (non-hydrogen) atoms. The topological polar surface area (TPSA) is 64.8 Å². The summed E-state index contributed by atoms with van der Waals surface area (Å²) in [6.45, 7) is 1.10. The lowest BCUT2D eigenvalue weighted by atomic mass is 9.91. The summed E-state index contributed by atoms with van der Waals surface area (Å²) in [5.41, 5.74) is 1.82. The molecule has 2 aromatic rings. The minimum atomic E-state index is -0.382. The van der Waals surface area contributed by atoms with Gasteiger partial charge in [-0.1, -0.05) is 18.2 Å². The first kappa shape index (κ1) is 13.1. The van der Waals surface area contributed by atoms with E-state index >= 15 is 0 Å². The Morgan fingerprint density at radius 3 is 2.73 bits per heavy atom. The maximum absolute atomic E-state index is 11.1. The van der Waals surface area contributed by atoms with Crippen molar-refractivity contribution in [2.45, 2.75) is 6.04 Å². The van der Waals surface area contributed by atoms with Crippen LogP contribution in [0.2, 0.25) is 0 Å². The molecular formula is C16H14N2O4. The van der Waals surface area contributed by atoms with Crippen LogP contribution in [0, 0.1) is 16.0 Å². The maximum Gasteiger partial charge on any atom is 0.270 e. The van der Waals surface area contributed by atoms with E-state index in [4.69, 9.17) is 9.57 Å². The lowest BCUT2D eigenvalue weighted by Crippen LogP contribution is -2.31. The highest BCUT2D eigenvalue weighted by molar-refractivity contribution is 5.53. The van der Waals surface area contributed by atoms with Crippen molar-refractivity contribution >= 4 is 11.4 Å². The molecule has 1 fully saturated rings. The zero-order valence-electron chi connectivity index (χ0n) is 11.7. The summed E-state index contributed by atoms with van der Waals surface area (Å²) in [5, 5.41) is 12.9. The molecule has 6 heteroatoms. The number of ether oxygens (including phenoxy) is 1. The van der Waals surface area contributed by atoms with Crippen LogP contribution in [0.5, 0.6) is 5.75 Å². The average Bonchev–Trinajstić information content (AvgIpc) is 2.99. The van der Waals surface area contributed by atoms with E-state index in [9.17, 15) is 10.1 Å². The van der Waals surface area contributed by atoms with Crippen LogP contribution >= 0.6 is 0 Å². The van der Waals surface area contributed by atoms with Gasteiger partial charge in [0.15, 0.2) is 0 Å². The number of hydrogen-bond acceptors (Lipinski definition) is 5. The molecule has 0 aliphatic carbocycles. The number of fused-ring (bicyclic) bond motifs is 3. The van der Waals surface area contributed by atoms with Gasteiger partial charge in [-0.2, -0.15) is 0 Å². The molecule has 0 radical (unpaired) electrons. The summed E-state index contributed by atoms with van der Waals surface area (Å²) in [5.74, 6) is 0.855. The number of rotatable bonds is 2. The van der Waals surface area contributed by atoms with E-state index in [2.05, 4.69) is 0 Å². The minimum absolute atomic E-state index is 0.0638. The number of nitro benzene ring substituents is 1. The molecule has 0 N–H and O–H groups in total. The normalized spacial score (nSPS) is 22.6. The number of benzene rings is 2. The summed E-state index contributed by atoms with van der Waals surface area (Å²) in [6, 6.07) is 14.4. The molecule has 1 saturated heterocycles. The third-order valence-electron chi connectivity index (χ3n) is 4.11. The largest absolute Gasteiger partial charge is 0.493 e. The first-order chi connectivity index (χ1) is 10.7. The van der Waals surface area contributed by atoms with E-state index in [1.54, 1.807) is 12.1 Å². The van der Waals surface area contributed by atoms with Crippen molar-refractivity contribution in [2.75, 3.05) is 18.3 Å². The highest BCUT2D eigenvalue weighted by Gasteiger charge is 2.42. The average molecular weight is 298 g/mol. The van der Waals surface area contributed by atoms with Crippen LogP contribution in [0.3, 0.4) is 0 Å². The van der Waals surface area contributed by atoms with Crippen molar-refractivity contribution in [1.82, 2.24) is 0 Å². The number of non-ortho nitro benzene ring substituents is 1. The van der Waals surface area contributed by atoms with Crippen LogP contribution in [0.15, 0.2) is 48.5 Å². The monoisotopic (exact) mass is 298 g/mol. The van der Waals surface area contributed by atoms with Gasteiger partial charge in [0.25, 0.3) is 5.69 Å². The molecule has 2 atom stereocenters. The number of anilines is 1. The summed E-state index contributed by atoms with van der Waals surface area (Å²) in [6.07, 6.45) is 0. The van der Waals surface area contributed by atoms with Crippen molar-refractivity contribution < 1.29 is 14.5 Å². The minimum Gasteiger partial charge on any atom is -0.493 e. The molecule has 112 valence electrons. The lowest BCUT2D eigenvalue weighted by Gasteiger charge is -2.32. The van der Waals surface area contributed by atoms with Gasteiger partial charge in [-0.15, -0.1) is 0 Å². The molecule has 2 heterocycles. The van der Waals surface area contributed by atoms with E-state index < -0.39 is 0 Å². The molecule has 6 nitrogen and oxygen atoms in total. The molecule has 0 saturated carbocycles. The Hall–Kier alpha value is -2.60. The Morgan fingerprint density at radius 2 is 1.95 bits per heavy atom. The van der Waals surface area contributed by atoms with Gasteiger partial charge >= 0.3 is 0 Å². The van der Waals surface area contributed by atoms with Crippen LogP contribution in [0.1, 0.15) is 11.6 Å². The van der Waals surface area contributed by atoms with Crippen LogP contribution in [0.25, 0.3) is 0 Å². The second-order valence-electron chi connectivity index (χ2n) is 5.45. The number of para-hydroxylation sites is 1. The lowest BCUT2D eigenvalue weighted by molar-refractivity contribution is -0.385. The van der Waals surface area contributed by atoms with E-state index in [1.165, 1.54) is 6.07 Å². The number of nitro groups is 1. The quantitative estimate of drug-likeness (QED) is 0.629. The Morgan fingerprint density at radius 1 is 1.14 bits per heavy atom. The van der Waals surface area contributed by atoms with Crippen LogP contribution < -0.4 is 9.80 Å². The first-order valence-electron chi connectivity index (χ1n) is 7.12. The molecule has 0 amide bonds. The Balaban J connectivity index is 1.79. The zero-order chi connectivity index (χ0) is 15.1. The fourth-order valence-corrected chi connectivity index (χ4v) is 3.08. The molecule has 2 aromatic carbocycles. The number of hydrogen-bond donors (Lipinski definition) is 0. The molecule has 2 aliphatic rings. The highest BCUT2D eigenvalue weighted by Crippen LogP contribution is 2.46. The molecular weight excluding hydrogens is 284 g/mol. The van der Waals surface area contributed by atoms with Crippen LogP contribution in [-0.2, 0) is 4.84 Å². The second kappa shape index (κ2) is 4.99. The second-order valence-corrected chi connectivity index (χ2v) is 5.45. The van der Waals surface area contributed by atoms with Gasteiger partial charge in [-0.25, -0.2) is 5.06 Å².